The van der Waals surface area contributed by atoms with E-state index in [9.17, 15) is 9.90 Å². The van der Waals surface area contributed by atoms with E-state index in [1.807, 2.05) is 49.0 Å². The number of carbonyl (C=O) groups excluding carboxylic acids is 1. The predicted octanol–water partition coefficient (Wildman–Crippen LogP) is 3.08. The van der Waals surface area contributed by atoms with E-state index in [2.05, 4.69) is 16.9 Å². The second kappa shape index (κ2) is 8.44. The van der Waals surface area contributed by atoms with Crippen molar-refractivity contribution in [3.05, 3.63) is 35.9 Å². The van der Waals surface area contributed by atoms with Crippen LogP contribution in [0.3, 0.4) is 0 Å². The molecule has 1 aliphatic rings. The van der Waals surface area contributed by atoms with Crippen LogP contribution in [0.25, 0.3) is 0 Å². The van der Waals surface area contributed by atoms with Gasteiger partial charge in [-0.3, -0.25) is 0 Å². The standard InChI is InChI=1S/C17H26N2O2S/c1-12(10-16(20)13-6-4-3-5-7-13)18-17(21)19-14-8-9-15(11-14)22-2/h3-7,12,14-16,20H,8-11H2,1-2H3,(H2,18,19,21). The second-order valence-corrected chi connectivity index (χ2v) is 7.19. The van der Waals surface area contributed by atoms with E-state index in [0.717, 1.165) is 18.4 Å². The third kappa shape index (κ3) is 5.21. The zero-order chi connectivity index (χ0) is 15.9. The van der Waals surface area contributed by atoms with Crippen LogP contribution in [0.5, 0.6) is 0 Å². The van der Waals surface area contributed by atoms with Crippen LogP contribution in [0, 0.1) is 0 Å². The normalized spacial score (nSPS) is 23.8. The predicted molar refractivity (Wildman–Crippen MR) is 92.1 cm³/mol. The first kappa shape index (κ1) is 17.2. The summed E-state index contributed by atoms with van der Waals surface area (Å²) in [4.78, 5) is 12.0. The van der Waals surface area contributed by atoms with Crippen molar-refractivity contribution in [1.82, 2.24) is 10.6 Å². The van der Waals surface area contributed by atoms with Crippen molar-refractivity contribution in [3.8, 4) is 0 Å². The van der Waals surface area contributed by atoms with Crippen molar-refractivity contribution in [2.75, 3.05) is 6.26 Å². The lowest BCUT2D eigenvalue weighted by Crippen LogP contribution is -2.45. The third-order valence-electron chi connectivity index (χ3n) is 4.19. The summed E-state index contributed by atoms with van der Waals surface area (Å²) in [6, 6.07) is 9.62. The molecular weight excluding hydrogens is 296 g/mol. The Hall–Kier alpha value is -1.20. The van der Waals surface area contributed by atoms with E-state index < -0.39 is 6.10 Å². The van der Waals surface area contributed by atoms with Crippen LogP contribution in [-0.2, 0) is 0 Å². The Morgan fingerprint density at radius 3 is 2.73 bits per heavy atom. The summed E-state index contributed by atoms with van der Waals surface area (Å²) in [5.41, 5.74) is 0.884. The molecule has 1 aliphatic carbocycles. The van der Waals surface area contributed by atoms with Gasteiger partial charge in [0.05, 0.1) is 6.10 Å². The van der Waals surface area contributed by atoms with Crippen molar-refractivity contribution in [1.29, 1.82) is 0 Å². The van der Waals surface area contributed by atoms with Gasteiger partial charge < -0.3 is 15.7 Å². The Kier molecular flexibility index (Phi) is 6.58. The van der Waals surface area contributed by atoms with Gasteiger partial charge in [0.1, 0.15) is 0 Å². The fraction of sp³-hybridized carbons (Fsp3) is 0.588. The minimum atomic E-state index is -0.552. The van der Waals surface area contributed by atoms with Crippen LogP contribution in [0.15, 0.2) is 30.3 Å². The highest BCUT2D eigenvalue weighted by Gasteiger charge is 2.25. The number of hydrogen-bond acceptors (Lipinski definition) is 3. The Labute approximate surface area is 137 Å². The van der Waals surface area contributed by atoms with Gasteiger partial charge in [-0.25, -0.2) is 4.79 Å². The molecule has 5 heteroatoms. The monoisotopic (exact) mass is 322 g/mol. The molecule has 0 aromatic heterocycles. The molecule has 0 bridgehead atoms. The highest BCUT2D eigenvalue weighted by molar-refractivity contribution is 7.99. The van der Waals surface area contributed by atoms with E-state index >= 15 is 0 Å². The van der Waals surface area contributed by atoms with Crippen molar-refractivity contribution in [2.24, 2.45) is 0 Å². The van der Waals surface area contributed by atoms with Crippen LogP contribution in [0.4, 0.5) is 4.79 Å². The topological polar surface area (TPSA) is 61.4 Å². The summed E-state index contributed by atoms with van der Waals surface area (Å²) in [5.74, 6) is 0. The van der Waals surface area contributed by atoms with Gasteiger partial charge in [0.15, 0.2) is 0 Å². The number of urea groups is 1. The van der Waals surface area contributed by atoms with Crippen molar-refractivity contribution in [2.45, 2.75) is 56.0 Å². The molecule has 0 saturated heterocycles. The lowest BCUT2D eigenvalue weighted by Gasteiger charge is -2.20. The van der Waals surface area contributed by atoms with Gasteiger partial charge >= 0.3 is 6.03 Å². The summed E-state index contributed by atoms with van der Waals surface area (Å²) >= 11 is 1.88. The van der Waals surface area contributed by atoms with Crippen molar-refractivity contribution >= 4 is 17.8 Å². The van der Waals surface area contributed by atoms with Gasteiger partial charge in [-0.1, -0.05) is 30.3 Å². The number of nitrogens with one attached hydrogen (secondary N) is 2. The molecule has 2 rings (SSSR count). The van der Waals surface area contributed by atoms with E-state index in [-0.39, 0.29) is 18.1 Å². The number of carbonyl (C=O) groups is 1. The second-order valence-electron chi connectivity index (χ2n) is 6.05. The smallest absolute Gasteiger partial charge is 0.315 e. The maximum atomic E-state index is 12.0. The molecule has 22 heavy (non-hydrogen) atoms. The highest BCUT2D eigenvalue weighted by atomic mass is 32.2. The molecule has 0 spiro atoms. The Morgan fingerprint density at radius 1 is 1.36 bits per heavy atom. The number of hydrogen-bond donors (Lipinski definition) is 3. The SMILES string of the molecule is CSC1CCC(NC(=O)NC(C)CC(O)c2ccccc2)C1. The number of amides is 2. The van der Waals surface area contributed by atoms with Crippen LogP contribution < -0.4 is 10.6 Å². The molecule has 1 fully saturated rings. The van der Waals surface area contributed by atoms with E-state index in [4.69, 9.17) is 0 Å². The fourth-order valence-electron chi connectivity index (χ4n) is 2.94. The lowest BCUT2D eigenvalue weighted by molar-refractivity contribution is 0.154. The summed E-state index contributed by atoms with van der Waals surface area (Å²) in [5, 5.41) is 16.8. The van der Waals surface area contributed by atoms with Crippen LogP contribution in [0.2, 0.25) is 0 Å². The van der Waals surface area contributed by atoms with Crippen molar-refractivity contribution in [3.63, 3.8) is 0 Å². The minimum absolute atomic E-state index is 0.0760. The molecule has 3 N–H and O–H groups in total. The fourth-order valence-corrected chi connectivity index (χ4v) is 3.74. The minimum Gasteiger partial charge on any atom is -0.388 e. The quantitative estimate of drug-likeness (QED) is 0.754. The molecule has 1 saturated carbocycles. The molecule has 0 aliphatic heterocycles. The van der Waals surface area contributed by atoms with Crippen LogP contribution >= 0.6 is 11.8 Å². The Balaban J connectivity index is 1.72. The van der Waals surface area contributed by atoms with Gasteiger partial charge in [-0.05, 0) is 44.4 Å². The number of benzene rings is 1. The van der Waals surface area contributed by atoms with E-state index in [1.165, 1.54) is 6.42 Å². The van der Waals surface area contributed by atoms with Crippen LogP contribution in [0.1, 0.15) is 44.3 Å². The molecule has 0 heterocycles. The van der Waals surface area contributed by atoms with E-state index in [1.54, 1.807) is 0 Å². The van der Waals surface area contributed by atoms with Gasteiger partial charge in [0, 0.05) is 17.3 Å². The van der Waals surface area contributed by atoms with Gasteiger partial charge in [0.25, 0.3) is 0 Å². The largest absolute Gasteiger partial charge is 0.388 e. The van der Waals surface area contributed by atoms with Crippen LogP contribution in [-0.4, -0.2) is 34.7 Å². The number of thioether (sulfide) groups is 1. The first-order valence-corrected chi connectivity index (χ1v) is 9.20. The van der Waals surface area contributed by atoms with Gasteiger partial charge in [-0.2, -0.15) is 11.8 Å². The maximum Gasteiger partial charge on any atom is 0.315 e. The summed E-state index contributed by atoms with van der Waals surface area (Å²) in [6.07, 6.45) is 5.36. The summed E-state index contributed by atoms with van der Waals surface area (Å²) in [7, 11) is 0. The summed E-state index contributed by atoms with van der Waals surface area (Å²) in [6.45, 7) is 1.92. The average Bonchev–Trinajstić information content (AvgIpc) is 2.95. The first-order valence-electron chi connectivity index (χ1n) is 7.91. The Bertz CT molecular complexity index is 469. The molecule has 2 amide bonds. The molecule has 4 atom stereocenters. The number of aliphatic hydroxyl groups excluding tert-OH is 1. The Morgan fingerprint density at radius 2 is 2.09 bits per heavy atom. The molecule has 4 unspecified atom stereocenters. The summed E-state index contributed by atoms with van der Waals surface area (Å²) < 4.78 is 0. The molecular formula is C17H26N2O2S. The third-order valence-corrected chi connectivity index (χ3v) is 5.29. The zero-order valence-electron chi connectivity index (χ0n) is 13.3. The van der Waals surface area contributed by atoms with Crippen molar-refractivity contribution < 1.29 is 9.90 Å². The number of aliphatic hydroxyl groups is 1. The average molecular weight is 322 g/mol. The molecule has 0 radical (unpaired) electrons. The molecule has 1 aromatic carbocycles. The van der Waals surface area contributed by atoms with Gasteiger partial charge in [0.2, 0.25) is 0 Å². The zero-order valence-corrected chi connectivity index (χ0v) is 14.1. The molecule has 4 nitrogen and oxygen atoms in total. The van der Waals surface area contributed by atoms with Gasteiger partial charge in [-0.15, -0.1) is 0 Å². The highest BCUT2D eigenvalue weighted by Crippen LogP contribution is 2.28. The van der Waals surface area contributed by atoms with E-state index in [0.29, 0.717) is 11.7 Å². The first-order chi connectivity index (χ1) is 10.6. The number of rotatable bonds is 6. The maximum absolute atomic E-state index is 12.0. The molecule has 1 aromatic rings. The lowest BCUT2D eigenvalue weighted by atomic mass is 10.0. The molecule has 122 valence electrons.